The van der Waals surface area contributed by atoms with Gasteiger partial charge in [0, 0.05) is 25.7 Å². The fourth-order valence-corrected chi connectivity index (χ4v) is 3.94. The summed E-state index contributed by atoms with van der Waals surface area (Å²) < 4.78 is 5.95. The van der Waals surface area contributed by atoms with Crippen molar-refractivity contribution in [1.29, 1.82) is 0 Å². The summed E-state index contributed by atoms with van der Waals surface area (Å²) in [6.07, 6.45) is 8.02. The highest BCUT2D eigenvalue weighted by atomic mass is 16.5. The molecule has 20 heavy (non-hydrogen) atoms. The first-order chi connectivity index (χ1) is 9.53. The van der Waals surface area contributed by atoms with Gasteiger partial charge in [0.2, 0.25) is 0 Å². The monoisotopic (exact) mass is 282 g/mol. The first-order valence-electron chi connectivity index (χ1n) is 8.62. The van der Waals surface area contributed by atoms with Crippen molar-refractivity contribution in [2.24, 2.45) is 17.1 Å². The predicted octanol–water partition coefficient (Wildman–Crippen LogP) is 3.03. The molecule has 1 saturated carbocycles. The molecule has 1 aliphatic carbocycles. The molecule has 118 valence electrons. The molecule has 3 heteroatoms. The standard InChI is InChI=1S/C17H34N2O/c1-4-11-20-15-8-6-10-19(13-15)12-14-7-5-9-17(2,3)16(14)18/h14-16H,4-13,18H2,1-3H3. The SMILES string of the molecule is CCCOC1CCCN(CC2CCCC(C)(C)C2N)C1. The summed E-state index contributed by atoms with van der Waals surface area (Å²) in [4.78, 5) is 2.61. The van der Waals surface area contributed by atoms with Gasteiger partial charge in [-0.1, -0.05) is 27.2 Å². The molecule has 0 aromatic rings. The maximum atomic E-state index is 6.53. The van der Waals surface area contributed by atoms with E-state index in [1.54, 1.807) is 0 Å². The molecule has 0 amide bonds. The molecule has 1 saturated heterocycles. The number of hydrogen-bond donors (Lipinski definition) is 1. The lowest BCUT2D eigenvalue weighted by atomic mass is 9.68. The normalized spacial score (nSPS) is 35.1. The molecule has 0 aromatic heterocycles. The van der Waals surface area contributed by atoms with Crippen molar-refractivity contribution in [3.63, 3.8) is 0 Å². The van der Waals surface area contributed by atoms with Crippen LogP contribution in [0, 0.1) is 11.3 Å². The van der Waals surface area contributed by atoms with Crippen LogP contribution in [0.1, 0.15) is 59.3 Å². The van der Waals surface area contributed by atoms with Gasteiger partial charge in [-0.05, 0) is 50.0 Å². The van der Waals surface area contributed by atoms with Gasteiger partial charge in [0.05, 0.1) is 6.10 Å². The zero-order chi connectivity index (χ0) is 14.6. The number of rotatable bonds is 5. The van der Waals surface area contributed by atoms with Crippen molar-refractivity contribution < 1.29 is 4.74 Å². The zero-order valence-corrected chi connectivity index (χ0v) is 13.7. The van der Waals surface area contributed by atoms with Crippen molar-refractivity contribution in [1.82, 2.24) is 4.90 Å². The first-order valence-corrected chi connectivity index (χ1v) is 8.62. The van der Waals surface area contributed by atoms with E-state index in [1.165, 1.54) is 45.2 Å². The van der Waals surface area contributed by atoms with Crippen molar-refractivity contribution in [3.8, 4) is 0 Å². The Morgan fingerprint density at radius 2 is 2.05 bits per heavy atom. The van der Waals surface area contributed by atoms with E-state index in [0.29, 0.717) is 23.5 Å². The Bertz CT molecular complexity index is 293. The Labute approximate surface area is 125 Å². The van der Waals surface area contributed by atoms with Crippen LogP contribution in [0.2, 0.25) is 0 Å². The highest BCUT2D eigenvalue weighted by Gasteiger charge is 2.37. The van der Waals surface area contributed by atoms with Crippen LogP contribution in [0.15, 0.2) is 0 Å². The van der Waals surface area contributed by atoms with Crippen molar-refractivity contribution in [2.75, 3.05) is 26.2 Å². The van der Waals surface area contributed by atoms with Crippen LogP contribution in [0.3, 0.4) is 0 Å². The van der Waals surface area contributed by atoms with Crippen molar-refractivity contribution in [3.05, 3.63) is 0 Å². The third kappa shape index (κ3) is 4.19. The van der Waals surface area contributed by atoms with E-state index in [0.717, 1.165) is 19.6 Å². The Kier molecular flexibility index (Phi) is 5.88. The minimum absolute atomic E-state index is 0.316. The average molecular weight is 282 g/mol. The molecule has 2 N–H and O–H groups in total. The molecule has 3 atom stereocenters. The molecule has 0 bridgehead atoms. The van der Waals surface area contributed by atoms with Crippen LogP contribution in [0.25, 0.3) is 0 Å². The summed E-state index contributed by atoms with van der Waals surface area (Å²) in [5, 5.41) is 0. The average Bonchev–Trinajstić information content (AvgIpc) is 2.42. The highest BCUT2D eigenvalue weighted by molar-refractivity contribution is 4.92. The largest absolute Gasteiger partial charge is 0.377 e. The maximum Gasteiger partial charge on any atom is 0.0702 e. The number of ether oxygens (including phenoxy) is 1. The van der Waals surface area contributed by atoms with Crippen LogP contribution < -0.4 is 5.73 Å². The molecule has 0 radical (unpaired) electrons. The number of piperidine rings is 1. The smallest absolute Gasteiger partial charge is 0.0702 e. The lowest BCUT2D eigenvalue weighted by Gasteiger charge is -2.44. The van der Waals surface area contributed by atoms with Gasteiger partial charge >= 0.3 is 0 Å². The summed E-state index contributed by atoms with van der Waals surface area (Å²) in [5.41, 5.74) is 6.85. The van der Waals surface area contributed by atoms with Crippen LogP contribution >= 0.6 is 0 Å². The van der Waals surface area contributed by atoms with E-state index in [2.05, 4.69) is 25.7 Å². The fraction of sp³-hybridized carbons (Fsp3) is 1.00. The molecule has 3 unspecified atom stereocenters. The second-order valence-corrected chi connectivity index (χ2v) is 7.56. The minimum Gasteiger partial charge on any atom is -0.377 e. The van der Waals surface area contributed by atoms with Gasteiger partial charge in [-0.25, -0.2) is 0 Å². The second kappa shape index (κ2) is 7.24. The van der Waals surface area contributed by atoms with Crippen LogP contribution in [-0.2, 0) is 4.74 Å². The zero-order valence-electron chi connectivity index (χ0n) is 13.7. The minimum atomic E-state index is 0.316. The third-order valence-corrected chi connectivity index (χ3v) is 5.32. The molecule has 1 heterocycles. The van der Waals surface area contributed by atoms with Crippen LogP contribution in [0.5, 0.6) is 0 Å². The quantitative estimate of drug-likeness (QED) is 0.842. The van der Waals surface area contributed by atoms with Gasteiger partial charge in [-0.2, -0.15) is 0 Å². The summed E-state index contributed by atoms with van der Waals surface area (Å²) in [7, 11) is 0. The van der Waals surface area contributed by atoms with Gasteiger partial charge in [0.25, 0.3) is 0 Å². The lowest BCUT2D eigenvalue weighted by Crippen LogP contribution is -2.52. The van der Waals surface area contributed by atoms with Crippen LogP contribution in [0.4, 0.5) is 0 Å². The molecule has 2 fully saturated rings. The number of nitrogens with zero attached hydrogens (tertiary/aromatic N) is 1. The van der Waals surface area contributed by atoms with Gasteiger partial charge in [0.15, 0.2) is 0 Å². The van der Waals surface area contributed by atoms with E-state index in [-0.39, 0.29) is 0 Å². The Morgan fingerprint density at radius 3 is 2.80 bits per heavy atom. The molecule has 1 aliphatic heterocycles. The van der Waals surface area contributed by atoms with E-state index < -0.39 is 0 Å². The second-order valence-electron chi connectivity index (χ2n) is 7.56. The maximum absolute atomic E-state index is 6.53. The molecule has 0 spiro atoms. The van der Waals surface area contributed by atoms with E-state index >= 15 is 0 Å². The van der Waals surface area contributed by atoms with Gasteiger partial charge in [0.1, 0.15) is 0 Å². The number of nitrogens with two attached hydrogens (primary N) is 1. The molecule has 3 nitrogen and oxygen atoms in total. The predicted molar refractivity (Wildman–Crippen MR) is 84.8 cm³/mol. The van der Waals surface area contributed by atoms with Gasteiger partial charge in [-0.3, -0.25) is 0 Å². The number of likely N-dealkylation sites (tertiary alicyclic amines) is 1. The summed E-state index contributed by atoms with van der Waals surface area (Å²) in [5.74, 6) is 0.670. The van der Waals surface area contributed by atoms with E-state index in [9.17, 15) is 0 Å². The highest BCUT2D eigenvalue weighted by Crippen LogP contribution is 2.38. The third-order valence-electron chi connectivity index (χ3n) is 5.32. The van der Waals surface area contributed by atoms with Crippen molar-refractivity contribution >= 4 is 0 Å². The van der Waals surface area contributed by atoms with Gasteiger partial charge < -0.3 is 15.4 Å². The summed E-state index contributed by atoms with van der Waals surface area (Å²) >= 11 is 0. The number of hydrogen-bond acceptors (Lipinski definition) is 3. The molecule has 2 rings (SSSR count). The first kappa shape index (κ1) is 16.3. The van der Waals surface area contributed by atoms with E-state index in [4.69, 9.17) is 10.5 Å². The molecule has 0 aromatic carbocycles. The topological polar surface area (TPSA) is 38.5 Å². The molecule has 2 aliphatic rings. The molecular weight excluding hydrogens is 248 g/mol. The van der Waals surface area contributed by atoms with Crippen LogP contribution in [-0.4, -0.2) is 43.3 Å². The lowest BCUT2D eigenvalue weighted by molar-refractivity contribution is -0.0101. The molecular formula is C17H34N2O. The summed E-state index contributed by atoms with van der Waals surface area (Å²) in [6.45, 7) is 11.3. The van der Waals surface area contributed by atoms with Crippen molar-refractivity contribution in [2.45, 2.75) is 71.4 Å². The van der Waals surface area contributed by atoms with Gasteiger partial charge in [-0.15, -0.1) is 0 Å². The Hall–Kier alpha value is -0.120. The summed E-state index contributed by atoms with van der Waals surface area (Å²) in [6, 6.07) is 0.355. The Balaban J connectivity index is 1.83. The Morgan fingerprint density at radius 1 is 1.25 bits per heavy atom. The fourth-order valence-electron chi connectivity index (χ4n) is 3.94. The van der Waals surface area contributed by atoms with E-state index in [1.807, 2.05) is 0 Å².